The van der Waals surface area contributed by atoms with Gasteiger partial charge in [0.15, 0.2) is 0 Å². The lowest BCUT2D eigenvalue weighted by Crippen LogP contribution is -2.41. The maximum Gasteiger partial charge on any atom is 0.494 e. The minimum absolute atomic E-state index is 0.00789. The number of fused-ring (bicyclic) bond motifs is 16. The van der Waals surface area contributed by atoms with Crippen LogP contribution in [-0.4, -0.2) is 28.3 Å². The number of aromatic nitrogens is 2. The van der Waals surface area contributed by atoms with E-state index in [0.29, 0.717) is 5.56 Å². The zero-order chi connectivity index (χ0) is 56.3. The predicted molar refractivity (Wildman–Crippen MR) is 319 cm³/mol. The molecule has 1 saturated heterocycles. The summed E-state index contributed by atoms with van der Waals surface area (Å²) in [5, 5.41) is 0.0758. The van der Waals surface area contributed by atoms with Crippen molar-refractivity contribution in [2.45, 2.75) is 51.2 Å². The molecule has 8 aromatic carbocycles. The van der Waals surface area contributed by atoms with Crippen LogP contribution in [0.4, 0.5) is 26.3 Å². The van der Waals surface area contributed by atoms with Crippen LogP contribution in [-0.2, 0) is 21.7 Å². The number of pyridine rings is 2. The molecule has 0 unspecified atom stereocenters. The Kier molecular flexibility index (Phi) is 14.7. The van der Waals surface area contributed by atoms with Crippen molar-refractivity contribution >= 4 is 58.4 Å². The molecule has 0 radical (unpaired) electrons. The summed E-state index contributed by atoms with van der Waals surface area (Å²) >= 11 is 13.0. The quantitative estimate of drug-likeness (QED) is 0.0749. The molecule has 0 bridgehead atoms. The van der Waals surface area contributed by atoms with Crippen molar-refractivity contribution in [1.29, 1.82) is 0 Å². The van der Waals surface area contributed by atoms with Gasteiger partial charge in [0.1, 0.15) is 10.3 Å². The molecule has 4 nitrogen and oxygen atoms in total. The van der Waals surface area contributed by atoms with E-state index in [1.54, 1.807) is 28.7 Å². The van der Waals surface area contributed by atoms with Gasteiger partial charge in [-0.3, -0.25) is 0 Å². The highest BCUT2D eigenvalue weighted by Crippen LogP contribution is 2.51. The molecule has 3 aliphatic rings. The van der Waals surface area contributed by atoms with Crippen LogP contribution in [0.15, 0.2) is 207 Å². The van der Waals surface area contributed by atoms with Crippen LogP contribution in [0.5, 0.6) is 0 Å². The molecule has 0 saturated carbocycles. The SMILES string of the molecule is CC1(C)OB(c2ccc3c(c2)-c2ccccc2-c2ccccc2-c2ccccc2-3)OC1(C)C.FC(F)(F)c1cnc(Cl)cc1-c1ccc2c(c1)-c1ccccc1-c1ccccc1-c1ccccc1-2.FC(F)(F)c1cnc(Cl)cc1I. The van der Waals surface area contributed by atoms with Gasteiger partial charge in [0, 0.05) is 16.0 Å². The maximum atomic E-state index is 13.8. The fourth-order valence-electron chi connectivity index (χ4n) is 10.5. The van der Waals surface area contributed by atoms with E-state index in [0.717, 1.165) is 62.4 Å². The van der Waals surface area contributed by atoms with Gasteiger partial charge in [0.05, 0.1) is 22.3 Å². The van der Waals surface area contributed by atoms with Crippen molar-refractivity contribution in [3.8, 4) is 100 Å². The van der Waals surface area contributed by atoms with Crippen molar-refractivity contribution in [3.63, 3.8) is 0 Å². The van der Waals surface area contributed by atoms with Gasteiger partial charge in [-0.25, -0.2) is 9.97 Å². The molecule has 3 heterocycles. The van der Waals surface area contributed by atoms with E-state index in [2.05, 4.69) is 159 Å². The summed E-state index contributed by atoms with van der Waals surface area (Å²) in [4.78, 5) is 7.03. The van der Waals surface area contributed by atoms with Crippen molar-refractivity contribution in [2.24, 2.45) is 0 Å². The number of nitrogens with zero attached hydrogens (tertiary/aromatic N) is 2. The minimum atomic E-state index is -4.55. The fraction of sp³-hybridized carbons (Fsp3) is 0.121. The molecule has 398 valence electrons. The zero-order valence-electron chi connectivity index (χ0n) is 43.3. The van der Waals surface area contributed by atoms with Gasteiger partial charge in [-0.15, -0.1) is 0 Å². The minimum Gasteiger partial charge on any atom is -0.399 e. The molecule has 0 atom stereocenters. The standard InChI is InChI=1S/C30H27BO2.C30H17ClF3N.C6H2ClF3IN/c1-29(2)30(3,4)33-31(32-29)20-17-18-27-25-15-8-7-13-23(25)21-11-5-6-12-22(21)24-14-9-10-16-26(24)28(27)19-20;31-29-16-26(28(17-35-29)30(32,33)34)18-13-14-25-23-11-4-3-9-21(23)19-7-1-2-8-20(19)22-10-5-6-12-24(22)27(25)15-18;7-5-1-4(11)3(2-12-5)6(8,9)10/h5-19H,1-4H3;1-17H;1-2H. The monoisotopic (exact) mass is 1220 g/mol. The summed E-state index contributed by atoms with van der Waals surface area (Å²) in [7, 11) is -0.388. The fourth-order valence-corrected chi connectivity index (χ4v) is 11.8. The first kappa shape index (κ1) is 54.9. The van der Waals surface area contributed by atoms with Gasteiger partial charge in [-0.2, -0.15) is 26.3 Å². The van der Waals surface area contributed by atoms with E-state index < -0.39 is 23.5 Å². The van der Waals surface area contributed by atoms with Crippen LogP contribution in [0.2, 0.25) is 10.3 Å². The number of hydrogen-bond donors (Lipinski definition) is 0. The molecule has 0 N–H and O–H groups in total. The van der Waals surface area contributed by atoms with Crippen LogP contribution in [0.3, 0.4) is 0 Å². The Balaban J connectivity index is 0.000000141. The number of halogens is 9. The first-order valence-electron chi connectivity index (χ1n) is 25.5. The molecule has 1 fully saturated rings. The highest BCUT2D eigenvalue weighted by molar-refractivity contribution is 14.1. The summed E-state index contributed by atoms with van der Waals surface area (Å²) in [5.74, 6) is 0. The zero-order valence-corrected chi connectivity index (χ0v) is 47.0. The van der Waals surface area contributed by atoms with E-state index >= 15 is 0 Å². The molecule has 80 heavy (non-hydrogen) atoms. The third-order valence-electron chi connectivity index (χ3n) is 15.1. The second kappa shape index (κ2) is 21.4. The molecule has 0 spiro atoms. The second-order valence-corrected chi connectivity index (χ2v) is 22.4. The van der Waals surface area contributed by atoms with E-state index in [-0.39, 0.29) is 37.8 Å². The van der Waals surface area contributed by atoms with Crippen LogP contribution in [0.1, 0.15) is 38.8 Å². The molecule has 10 aromatic rings. The summed E-state index contributed by atoms with van der Waals surface area (Å²) < 4.78 is 90.6. The summed E-state index contributed by atoms with van der Waals surface area (Å²) in [5.41, 5.74) is 17.2. The molecular formula is C66H46BCl2F6IN2O2. The van der Waals surface area contributed by atoms with E-state index in [1.807, 2.05) is 54.6 Å². The van der Waals surface area contributed by atoms with Crippen molar-refractivity contribution < 1.29 is 35.7 Å². The van der Waals surface area contributed by atoms with Crippen LogP contribution >= 0.6 is 45.8 Å². The topological polar surface area (TPSA) is 44.2 Å². The largest absolute Gasteiger partial charge is 0.494 e. The van der Waals surface area contributed by atoms with Gasteiger partial charge in [-0.1, -0.05) is 199 Å². The highest BCUT2D eigenvalue weighted by atomic mass is 127. The lowest BCUT2D eigenvalue weighted by atomic mass is 9.74. The smallest absolute Gasteiger partial charge is 0.399 e. The van der Waals surface area contributed by atoms with Crippen molar-refractivity contribution in [1.82, 2.24) is 9.97 Å². The first-order chi connectivity index (χ1) is 38.2. The van der Waals surface area contributed by atoms with Crippen LogP contribution in [0.25, 0.3) is 100 Å². The molecule has 2 aromatic heterocycles. The Bertz CT molecular complexity index is 4010. The van der Waals surface area contributed by atoms with E-state index in [1.165, 1.54) is 56.6 Å². The molecule has 14 heteroatoms. The maximum absolute atomic E-state index is 13.8. The number of hydrogen-bond acceptors (Lipinski definition) is 4. The second-order valence-electron chi connectivity index (χ2n) is 20.5. The first-order valence-corrected chi connectivity index (χ1v) is 27.3. The Labute approximate surface area is 483 Å². The molecular weight excluding hydrogens is 1180 g/mol. The molecule has 2 aliphatic carbocycles. The van der Waals surface area contributed by atoms with Gasteiger partial charge < -0.3 is 9.31 Å². The average molecular weight is 1220 g/mol. The van der Waals surface area contributed by atoms with Gasteiger partial charge >= 0.3 is 19.5 Å². The summed E-state index contributed by atoms with van der Waals surface area (Å²) in [6.07, 6.45) is -7.38. The Morgan fingerprint density at radius 1 is 0.375 bits per heavy atom. The molecule has 0 amide bonds. The highest BCUT2D eigenvalue weighted by Gasteiger charge is 2.52. The Morgan fingerprint density at radius 2 is 0.675 bits per heavy atom. The van der Waals surface area contributed by atoms with Crippen LogP contribution < -0.4 is 5.46 Å². The third-order valence-corrected chi connectivity index (χ3v) is 16.4. The predicted octanol–water partition coefficient (Wildman–Crippen LogP) is 19.7. The lowest BCUT2D eigenvalue weighted by molar-refractivity contribution is -0.138. The van der Waals surface area contributed by atoms with Gasteiger partial charge in [0.2, 0.25) is 0 Å². The lowest BCUT2D eigenvalue weighted by Gasteiger charge is -2.32. The Hall–Kier alpha value is -7.07. The summed E-state index contributed by atoms with van der Waals surface area (Å²) in [6, 6.07) is 65.1. The Morgan fingerprint density at radius 3 is 1.02 bits per heavy atom. The van der Waals surface area contributed by atoms with Gasteiger partial charge in [0.25, 0.3) is 0 Å². The molecule has 1 aliphatic heterocycles. The normalized spacial score (nSPS) is 14.1. The number of rotatable bonds is 2. The van der Waals surface area contributed by atoms with Crippen molar-refractivity contribution in [3.05, 3.63) is 232 Å². The van der Waals surface area contributed by atoms with E-state index in [9.17, 15) is 26.3 Å². The number of benzene rings is 8. The summed E-state index contributed by atoms with van der Waals surface area (Å²) in [6.45, 7) is 8.40. The van der Waals surface area contributed by atoms with Crippen molar-refractivity contribution in [2.75, 3.05) is 0 Å². The van der Waals surface area contributed by atoms with E-state index in [4.69, 9.17) is 32.5 Å². The average Bonchev–Trinajstić information content (AvgIpc) is 3.82. The third kappa shape index (κ3) is 10.5. The number of alkyl halides is 6. The van der Waals surface area contributed by atoms with Gasteiger partial charge in [-0.05, 0) is 174 Å². The van der Waals surface area contributed by atoms with Crippen LogP contribution in [0, 0.1) is 3.57 Å². The molecule has 13 rings (SSSR count).